The maximum absolute atomic E-state index is 12.8. The third-order valence-electron chi connectivity index (χ3n) is 4.99. The highest BCUT2D eigenvalue weighted by molar-refractivity contribution is 6.21. The number of nitrogens with one attached hydrogen (secondary N) is 1. The monoisotopic (exact) mass is 431 g/mol. The molecule has 2 rings (SSSR count). The summed E-state index contributed by atoms with van der Waals surface area (Å²) in [7, 11) is 1.49. The molecule has 1 N–H and O–H groups in total. The van der Waals surface area contributed by atoms with Crippen LogP contribution in [0.3, 0.4) is 0 Å². The predicted octanol–water partition coefficient (Wildman–Crippen LogP) is 3.53. The average Bonchev–Trinajstić information content (AvgIpc) is 2.93. The van der Waals surface area contributed by atoms with Crippen LogP contribution >= 0.6 is 0 Å². The van der Waals surface area contributed by atoms with Gasteiger partial charge in [0, 0.05) is 24.6 Å². The van der Waals surface area contributed by atoms with Crippen LogP contribution in [0.4, 0.5) is 4.79 Å². The largest absolute Gasteiger partial charge is 0.444 e. The molecule has 10 nitrogen and oxygen atoms in total. The number of imide groups is 1. The molecule has 0 saturated carbocycles. The fourth-order valence-electron chi connectivity index (χ4n) is 3.40. The summed E-state index contributed by atoms with van der Waals surface area (Å²) in [6.07, 6.45) is -0.699. The molecule has 1 unspecified atom stereocenters. The topological polar surface area (TPSA) is 134 Å². The van der Waals surface area contributed by atoms with Gasteiger partial charge in [-0.3, -0.25) is 14.5 Å². The summed E-state index contributed by atoms with van der Waals surface area (Å²) < 4.78 is 10.7. The fourth-order valence-corrected chi connectivity index (χ4v) is 3.40. The van der Waals surface area contributed by atoms with Crippen molar-refractivity contribution in [1.82, 2.24) is 10.2 Å². The Bertz CT molecular complexity index is 840. The van der Waals surface area contributed by atoms with Crippen molar-refractivity contribution in [2.24, 2.45) is 11.0 Å². The number of ether oxygens (including phenoxy) is 2. The average molecular weight is 431 g/mol. The van der Waals surface area contributed by atoms with Gasteiger partial charge in [0.2, 0.25) is 0 Å². The Hall–Kier alpha value is -3.10. The van der Waals surface area contributed by atoms with Crippen molar-refractivity contribution in [3.63, 3.8) is 0 Å². The minimum atomic E-state index is -0.668. The molecule has 10 heteroatoms. The number of hydrogen-bond donors (Lipinski definition) is 1. The van der Waals surface area contributed by atoms with Gasteiger partial charge in [-0.1, -0.05) is 17.2 Å². The van der Waals surface area contributed by atoms with Crippen molar-refractivity contribution in [3.8, 4) is 0 Å². The van der Waals surface area contributed by atoms with E-state index in [1.807, 2.05) is 0 Å². The van der Waals surface area contributed by atoms with Crippen molar-refractivity contribution >= 4 is 17.9 Å². The smallest absolute Gasteiger partial charge is 0.407 e. The number of benzene rings is 1. The first kappa shape index (κ1) is 24.2. The molecule has 0 radical (unpaired) electrons. The first-order valence-corrected chi connectivity index (χ1v) is 10.1. The number of carbonyl (C=O) groups excluding carboxylic acids is 3. The van der Waals surface area contributed by atoms with E-state index in [1.54, 1.807) is 52.0 Å². The lowest BCUT2D eigenvalue weighted by molar-refractivity contribution is 0.0416. The molecule has 1 heterocycles. The lowest BCUT2D eigenvalue weighted by atomic mass is 9.93. The van der Waals surface area contributed by atoms with Crippen LogP contribution in [0.25, 0.3) is 10.4 Å². The molecule has 0 aliphatic carbocycles. The van der Waals surface area contributed by atoms with Crippen molar-refractivity contribution in [2.75, 3.05) is 20.2 Å². The molecule has 1 aromatic carbocycles. The van der Waals surface area contributed by atoms with Crippen LogP contribution in [0.1, 0.15) is 54.8 Å². The van der Waals surface area contributed by atoms with Crippen molar-refractivity contribution in [2.45, 2.75) is 51.9 Å². The zero-order valence-corrected chi connectivity index (χ0v) is 18.5. The van der Waals surface area contributed by atoms with Crippen LogP contribution in [0.15, 0.2) is 29.4 Å². The molecular formula is C21H29N5O5. The molecule has 1 aromatic rings. The van der Waals surface area contributed by atoms with E-state index in [-0.39, 0.29) is 30.8 Å². The quantitative estimate of drug-likeness (QED) is 0.276. The Morgan fingerprint density at radius 2 is 1.81 bits per heavy atom. The number of azide groups is 1. The molecule has 0 bridgehead atoms. The second-order valence-corrected chi connectivity index (χ2v) is 8.47. The molecule has 31 heavy (non-hydrogen) atoms. The van der Waals surface area contributed by atoms with Crippen LogP contribution in [0, 0.1) is 5.92 Å². The van der Waals surface area contributed by atoms with Crippen molar-refractivity contribution < 1.29 is 23.9 Å². The highest BCUT2D eigenvalue weighted by Crippen LogP contribution is 2.26. The van der Waals surface area contributed by atoms with Gasteiger partial charge >= 0.3 is 6.09 Å². The summed E-state index contributed by atoms with van der Waals surface area (Å²) >= 11 is 0. The summed E-state index contributed by atoms with van der Waals surface area (Å²) in [6, 6.07) is 6.19. The van der Waals surface area contributed by atoms with Crippen molar-refractivity contribution in [3.05, 3.63) is 45.8 Å². The van der Waals surface area contributed by atoms with Crippen LogP contribution in [-0.2, 0) is 9.47 Å². The molecule has 0 fully saturated rings. The van der Waals surface area contributed by atoms with Gasteiger partial charge in [-0.15, -0.1) is 0 Å². The summed E-state index contributed by atoms with van der Waals surface area (Å²) in [5, 5.41) is 6.33. The molecule has 0 saturated heterocycles. The number of fused-ring (bicyclic) bond motifs is 1. The molecule has 1 aliphatic rings. The van der Waals surface area contributed by atoms with Gasteiger partial charge < -0.3 is 14.8 Å². The first-order chi connectivity index (χ1) is 14.6. The van der Waals surface area contributed by atoms with E-state index in [1.165, 1.54) is 12.0 Å². The second-order valence-electron chi connectivity index (χ2n) is 8.47. The number of alkyl carbamates (subject to hydrolysis) is 1. The summed E-state index contributed by atoms with van der Waals surface area (Å²) in [5.74, 6) is -1.12. The highest BCUT2D eigenvalue weighted by Gasteiger charge is 2.38. The zero-order chi connectivity index (χ0) is 23.2. The zero-order valence-electron chi connectivity index (χ0n) is 18.5. The lowest BCUT2D eigenvalue weighted by Crippen LogP contribution is -2.47. The Balaban J connectivity index is 2.21. The Kier molecular flexibility index (Phi) is 8.01. The van der Waals surface area contributed by atoms with Crippen LogP contribution < -0.4 is 5.32 Å². The van der Waals surface area contributed by atoms with Gasteiger partial charge in [-0.2, -0.15) is 0 Å². The lowest BCUT2D eigenvalue weighted by Gasteiger charge is -2.31. The van der Waals surface area contributed by atoms with E-state index in [4.69, 9.17) is 15.0 Å². The minimum absolute atomic E-state index is 0.0689. The molecule has 0 aromatic heterocycles. The third-order valence-corrected chi connectivity index (χ3v) is 4.99. The number of methoxy groups -OCH3 is 1. The normalized spacial score (nSPS) is 16.2. The fraction of sp³-hybridized carbons (Fsp3) is 0.571. The number of amides is 3. The van der Waals surface area contributed by atoms with E-state index in [2.05, 4.69) is 15.3 Å². The molecular weight excluding hydrogens is 402 g/mol. The van der Waals surface area contributed by atoms with Crippen molar-refractivity contribution in [1.29, 1.82) is 0 Å². The van der Waals surface area contributed by atoms with Gasteiger partial charge in [0.15, 0.2) is 0 Å². The van der Waals surface area contributed by atoms with Crippen LogP contribution in [0.5, 0.6) is 0 Å². The SMILES string of the molecule is COC(CN=[N+]=[N-])C[C@@H](CN1C(=O)c2ccccc2C1=O)[C@@H](C)NC(=O)OC(C)(C)C. The molecule has 1 aliphatic heterocycles. The van der Waals surface area contributed by atoms with E-state index in [9.17, 15) is 14.4 Å². The summed E-state index contributed by atoms with van der Waals surface area (Å²) in [4.78, 5) is 41.8. The maximum atomic E-state index is 12.8. The van der Waals surface area contributed by atoms with Crippen LogP contribution in [-0.4, -0.2) is 60.8 Å². The highest BCUT2D eigenvalue weighted by atomic mass is 16.6. The Morgan fingerprint density at radius 1 is 1.23 bits per heavy atom. The van der Waals surface area contributed by atoms with Gasteiger partial charge in [-0.25, -0.2) is 4.79 Å². The predicted molar refractivity (Wildman–Crippen MR) is 114 cm³/mol. The molecule has 168 valence electrons. The number of hydrogen-bond acceptors (Lipinski definition) is 6. The van der Waals surface area contributed by atoms with Gasteiger partial charge in [0.25, 0.3) is 11.8 Å². The van der Waals surface area contributed by atoms with Gasteiger partial charge in [-0.05, 0) is 57.7 Å². The van der Waals surface area contributed by atoms with E-state index >= 15 is 0 Å². The molecule has 3 atom stereocenters. The Labute approximate surface area is 181 Å². The Morgan fingerprint density at radius 3 is 2.29 bits per heavy atom. The second kappa shape index (κ2) is 10.3. The van der Waals surface area contributed by atoms with E-state index in [0.717, 1.165) is 0 Å². The van der Waals surface area contributed by atoms with E-state index < -0.39 is 23.8 Å². The van der Waals surface area contributed by atoms with Crippen LogP contribution in [0.2, 0.25) is 0 Å². The maximum Gasteiger partial charge on any atom is 0.407 e. The standard InChI is InChI=1S/C21H29N5O5/c1-13(24-20(29)31-21(2,3)4)14(10-15(30-5)11-23-25-22)12-26-18(27)16-8-6-7-9-17(16)19(26)28/h6-9,13-15H,10-12H2,1-5H3,(H,24,29)/t13-,14+,15?/m1/s1. The molecule has 3 amide bonds. The van der Waals surface area contributed by atoms with E-state index in [0.29, 0.717) is 17.5 Å². The summed E-state index contributed by atoms with van der Waals surface area (Å²) in [6.45, 7) is 7.20. The molecule has 0 spiro atoms. The third kappa shape index (κ3) is 6.44. The van der Waals surface area contributed by atoms with Gasteiger partial charge in [0.1, 0.15) is 5.60 Å². The number of rotatable bonds is 9. The summed E-state index contributed by atoms with van der Waals surface area (Å²) in [5.41, 5.74) is 8.66. The minimum Gasteiger partial charge on any atom is -0.444 e. The number of carbonyl (C=O) groups is 3. The number of nitrogens with zero attached hydrogens (tertiary/aromatic N) is 4. The first-order valence-electron chi connectivity index (χ1n) is 10.1. The van der Waals surface area contributed by atoms with Gasteiger partial charge in [0.05, 0.1) is 23.8 Å².